The summed E-state index contributed by atoms with van der Waals surface area (Å²) >= 11 is 0. The van der Waals surface area contributed by atoms with E-state index in [1.807, 2.05) is 0 Å². The molecule has 3 heteroatoms. The number of nitrogens with zero attached hydrogens (tertiary/aromatic N) is 3. The molecular formula is C52H45N3. The van der Waals surface area contributed by atoms with Crippen molar-refractivity contribution in [3.63, 3.8) is 0 Å². The second-order valence-electron chi connectivity index (χ2n) is 15.3. The summed E-state index contributed by atoms with van der Waals surface area (Å²) in [4.78, 5) is 2.38. The molecule has 2 unspecified atom stereocenters. The van der Waals surface area contributed by atoms with E-state index in [1.54, 1.807) is 0 Å². The molecule has 0 bridgehead atoms. The maximum atomic E-state index is 2.50. The van der Waals surface area contributed by atoms with E-state index in [9.17, 15) is 0 Å². The van der Waals surface area contributed by atoms with E-state index in [4.69, 9.17) is 0 Å². The third-order valence-corrected chi connectivity index (χ3v) is 12.2. The molecule has 0 fully saturated rings. The van der Waals surface area contributed by atoms with Gasteiger partial charge in [0.05, 0.1) is 22.6 Å². The van der Waals surface area contributed by atoms with Gasteiger partial charge in [-0.1, -0.05) is 123 Å². The predicted molar refractivity (Wildman–Crippen MR) is 233 cm³/mol. The van der Waals surface area contributed by atoms with E-state index in [0.717, 1.165) is 24.9 Å². The van der Waals surface area contributed by atoms with Crippen molar-refractivity contribution in [3.8, 4) is 22.5 Å². The molecule has 268 valence electrons. The quantitative estimate of drug-likeness (QED) is 0.160. The maximum Gasteiger partial charge on any atom is 0.0726 e. The summed E-state index contributed by atoms with van der Waals surface area (Å²) in [6, 6.07) is 52.2. The third-order valence-electron chi connectivity index (χ3n) is 12.2. The molecule has 0 amide bonds. The van der Waals surface area contributed by atoms with Crippen LogP contribution in [0, 0.1) is 0 Å². The minimum atomic E-state index is 0.192. The standard InChI is InChI=1S/C52H45N3/c1-4-35(2)36-24-28-41(29-25-36)54-49-20-10-8-18-43(49)45-33-38(26-30-51(45)54)39-27-31-52-46(34-39)44-19-9-11-21-50(44)55(52)42-17-12-16-40(32-42)48-23-13-22-47(53(48)3)37-14-6-5-7-15-37/h5-9,11-19,21-35,47H,4,10,20H2,1-3H3. The van der Waals surface area contributed by atoms with Crippen LogP contribution in [0.4, 0.5) is 0 Å². The molecule has 1 aliphatic carbocycles. The maximum absolute atomic E-state index is 2.50. The van der Waals surface area contributed by atoms with Gasteiger partial charge in [-0.3, -0.25) is 0 Å². The fourth-order valence-corrected chi connectivity index (χ4v) is 9.05. The number of hydrogen-bond donors (Lipinski definition) is 0. The first-order valence-corrected chi connectivity index (χ1v) is 19.8. The van der Waals surface area contributed by atoms with Crippen LogP contribution in [-0.4, -0.2) is 21.1 Å². The van der Waals surface area contributed by atoms with Gasteiger partial charge in [-0.05, 0) is 114 Å². The Kier molecular flexibility index (Phi) is 8.17. The normalized spacial score (nSPS) is 15.9. The molecule has 0 N–H and O–H groups in total. The Morgan fingerprint density at radius 3 is 2.16 bits per heavy atom. The number of benzene rings is 6. The smallest absolute Gasteiger partial charge is 0.0726 e. The highest BCUT2D eigenvalue weighted by Gasteiger charge is 2.22. The van der Waals surface area contributed by atoms with Gasteiger partial charge in [-0.2, -0.15) is 0 Å². The molecule has 2 atom stereocenters. The molecule has 1 aliphatic heterocycles. The van der Waals surface area contributed by atoms with Gasteiger partial charge < -0.3 is 14.0 Å². The second-order valence-corrected chi connectivity index (χ2v) is 15.3. The van der Waals surface area contributed by atoms with Gasteiger partial charge in [-0.15, -0.1) is 0 Å². The first kappa shape index (κ1) is 33.3. The Balaban J connectivity index is 1.05. The zero-order valence-corrected chi connectivity index (χ0v) is 31.8. The Morgan fingerprint density at radius 1 is 0.636 bits per heavy atom. The van der Waals surface area contributed by atoms with E-state index in [-0.39, 0.29) is 6.04 Å². The topological polar surface area (TPSA) is 13.1 Å². The largest absolute Gasteiger partial charge is 0.364 e. The van der Waals surface area contributed by atoms with E-state index in [1.165, 1.54) is 83.2 Å². The van der Waals surface area contributed by atoms with Gasteiger partial charge >= 0.3 is 0 Å². The molecule has 0 saturated carbocycles. The fourth-order valence-electron chi connectivity index (χ4n) is 9.05. The molecule has 10 rings (SSSR count). The summed E-state index contributed by atoms with van der Waals surface area (Å²) in [5.74, 6) is 0.568. The summed E-state index contributed by atoms with van der Waals surface area (Å²) in [5, 5.41) is 3.85. The fraction of sp³-hybridized carbons (Fsp3) is 0.154. The van der Waals surface area contributed by atoms with Crippen molar-refractivity contribution >= 4 is 44.5 Å². The number of rotatable bonds is 7. The van der Waals surface area contributed by atoms with Gasteiger partial charge in [0, 0.05) is 51.5 Å². The SMILES string of the molecule is CCC(C)c1ccc(-n2c3c(c4cc(-c5ccc6c(c5)c5ccccc5n6-c5cccc(C6=CC=CC(c7ccccc7)N6C)c5)ccc42)C=CCC3)cc1. The molecule has 6 aromatic carbocycles. The summed E-state index contributed by atoms with van der Waals surface area (Å²) < 4.78 is 4.94. The molecular weight excluding hydrogens is 667 g/mol. The predicted octanol–water partition coefficient (Wildman–Crippen LogP) is 13.5. The van der Waals surface area contributed by atoms with Gasteiger partial charge in [0.25, 0.3) is 0 Å². The van der Waals surface area contributed by atoms with Crippen molar-refractivity contribution < 1.29 is 0 Å². The summed E-state index contributed by atoms with van der Waals surface area (Å²) in [7, 11) is 2.20. The number of para-hydroxylation sites is 1. The Hall–Kier alpha value is -6.32. The highest BCUT2D eigenvalue weighted by molar-refractivity contribution is 6.10. The minimum Gasteiger partial charge on any atom is -0.364 e. The van der Waals surface area contributed by atoms with E-state index >= 15 is 0 Å². The monoisotopic (exact) mass is 711 g/mol. The molecule has 3 heterocycles. The van der Waals surface area contributed by atoms with Crippen molar-refractivity contribution in [2.24, 2.45) is 0 Å². The molecule has 2 aliphatic rings. The van der Waals surface area contributed by atoms with Gasteiger partial charge in [0.1, 0.15) is 0 Å². The van der Waals surface area contributed by atoms with Crippen LogP contribution in [0.1, 0.15) is 66.6 Å². The highest BCUT2D eigenvalue weighted by atomic mass is 15.1. The van der Waals surface area contributed by atoms with Crippen LogP contribution in [0.3, 0.4) is 0 Å². The first-order chi connectivity index (χ1) is 27.1. The average Bonchev–Trinajstić information content (AvgIpc) is 3.76. The van der Waals surface area contributed by atoms with Crippen molar-refractivity contribution in [3.05, 3.63) is 192 Å². The van der Waals surface area contributed by atoms with Crippen LogP contribution >= 0.6 is 0 Å². The van der Waals surface area contributed by atoms with Gasteiger partial charge in [0.15, 0.2) is 0 Å². The second kappa shape index (κ2) is 13.5. The van der Waals surface area contributed by atoms with Crippen LogP contribution in [0.25, 0.3) is 67.0 Å². The van der Waals surface area contributed by atoms with Crippen molar-refractivity contribution in [1.82, 2.24) is 14.0 Å². The Morgan fingerprint density at radius 2 is 1.36 bits per heavy atom. The van der Waals surface area contributed by atoms with Crippen molar-refractivity contribution in [2.45, 2.75) is 45.1 Å². The number of aromatic nitrogens is 2. The third kappa shape index (κ3) is 5.57. The lowest BCUT2D eigenvalue weighted by atomic mass is 9.98. The van der Waals surface area contributed by atoms with Crippen LogP contribution < -0.4 is 0 Å². The van der Waals surface area contributed by atoms with Gasteiger partial charge in [0.2, 0.25) is 0 Å². The number of hydrogen-bond acceptors (Lipinski definition) is 1. The summed E-state index contributed by atoms with van der Waals surface area (Å²) in [6.07, 6.45) is 14.7. The van der Waals surface area contributed by atoms with Crippen molar-refractivity contribution in [2.75, 3.05) is 7.05 Å². The summed E-state index contributed by atoms with van der Waals surface area (Å²) in [5.41, 5.74) is 16.5. The molecule has 2 aromatic heterocycles. The van der Waals surface area contributed by atoms with E-state index < -0.39 is 0 Å². The number of fused-ring (bicyclic) bond motifs is 6. The van der Waals surface area contributed by atoms with Crippen LogP contribution in [0.5, 0.6) is 0 Å². The van der Waals surface area contributed by atoms with Crippen LogP contribution in [-0.2, 0) is 6.42 Å². The lowest BCUT2D eigenvalue weighted by Gasteiger charge is -2.33. The zero-order chi connectivity index (χ0) is 37.0. The van der Waals surface area contributed by atoms with Gasteiger partial charge in [-0.25, -0.2) is 0 Å². The Bertz CT molecular complexity index is 2830. The molecule has 0 saturated heterocycles. The van der Waals surface area contributed by atoms with Crippen LogP contribution in [0.2, 0.25) is 0 Å². The number of allylic oxidation sites excluding steroid dienone is 3. The lowest BCUT2D eigenvalue weighted by molar-refractivity contribution is 0.412. The van der Waals surface area contributed by atoms with E-state index in [0.29, 0.717) is 5.92 Å². The van der Waals surface area contributed by atoms with E-state index in [2.05, 4.69) is 205 Å². The first-order valence-electron chi connectivity index (χ1n) is 19.8. The molecule has 55 heavy (non-hydrogen) atoms. The molecule has 3 nitrogen and oxygen atoms in total. The Labute approximate surface area is 323 Å². The van der Waals surface area contributed by atoms with Crippen molar-refractivity contribution in [1.29, 1.82) is 0 Å². The minimum absolute atomic E-state index is 0.192. The summed E-state index contributed by atoms with van der Waals surface area (Å²) in [6.45, 7) is 4.58. The molecule has 0 spiro atoms. The highest BCUT2D eigenvalue weighted by Crippen LogP contribution is 2.40. The zero-order valence-electron chi connectivity index (χ0n) is 31.8. The molecule has 8 aromatic rings. The lowest BCUT2D eigenvalue weighted by Crippen LogP contribution is -2.23. The van der Waals surface area contributed by atoms with Crippen LogP contribution in [0.15, 0.2) is 164 Å². The number of likely N-dealkylation sites (N-methyl/N-ethyl adjacent to an activating group) is 1. The molecule has 0 radical (unpaired) electrons. The average molecular weight is 712 g/mol.